The number of nitrogens with two attached hydrogens (primary N) is 1. The van der Waals surface area contributed by atoms with Crippen molar-refractivity contribution in [3.63, 3.8) is 0 Å². The number of rotatable bonds is 1. The topological polar surface area (TPSA) is 70.0 Å². The number of anilines is 1. The van der Waals surface area contributed by atoms with Crippen LogP contribution in [0.25, 0.3) is 11.1 Å². The summed E-state index contributed by atoms with van der Waals surface area (Å²) in [6.45, 7) is 0. The van der Waals surface area contributed by atoms with E-state index in [1.54, 1.807) is 30.3 Å². The lowest BCUT2D eigenvalue weighted by atomic mass is 10.0. The Morgan fingerprint density at radius 2 is 1.94 bits per heavy atom. The van der Waals surface area contributed by atoms with Crippen LogP contribution in [0.15, 0.2) is 42.5 Å². The lowest BCUT2D eigenvalue weighted by Crippen LogP contribution is -1.86. The van der Waals surface area contributed by atoms with E-state index in [1.807, 2.05) is 6.07 Å². The molecule has 0 saturated carbocycles. The maximum atomic E-state index is 9.75. The summed E-state index contributed by atoms with van der Waals surface area (Å²) in [5.74, 6) is 0.120. The van der Waals surface area contributed by atoms with Crippen molar-refractivity contribution in [3.05, 3.63) is 48.0 Å². The molecule has 3 nitrogen and oxygen atoms in total. The van der Waals surface area contributed by atoms with Crippen molar-refractivity contribution >= 4 is 5.69 Å². The number of nitriles is 1. The summed E-state index contributed by atoms with van der Waals surface area (Å²) >= 11 is 0. The highest BCUT2D eigenvalue weighted by Crippen LogP contribution is 2.30. The molecule has 16 heavy (non-hydrogen) atoms. The molecular weight excluding hydrogens is 200 g/mol. The van der Waals surface area contributed by atoms with Crippen LogP contribution in [0.3, 0.4) is 0 Å². The summed E-state index contributed by atoms with van der Waals surface area (Å²) in [6, 6.07) is 14.1. The van der Waals surface area contributed by atoms with Gasteiger partial charge in [0.2, 0.25) is 0 Å². The highest BCUT2D eigenvalue weighted by atomic mass is 16.3. The van der Waals surface area contributed by atoms with Gasteiger partial charge >= 0.3 is 0 Å². The first-order valence-electron chi connectivity index (χ1n) is 4.80. The molecule has 0 saturated heterocycles. The fourth-order valence-electron chi connectivity index (χ4n) is 1.55. The number of benzene rings is 2. The number of aromatic hydroxyl groups is 1. The summed E-state index contributed by atoms with van der Waals surface area (Å²) in [7, 11) is 0. The van der Waals surface area contributed by atoms with Crippen LogP contribution >= 0.6 is 0 Å². The van der Waals surface area contributed by atoms with E-state index in [0.29, 0.717) is 16.8 Å². The van der Waals surface area contributed by atoms with Gasteiger partial charge in [-0.25, -0.2) is 0 Å². The second-order valence-corrected chi connectivity index (χ2v) is 3.47. The van der Waals surface area contributed by atoms with Gasteiger partial charge in [0.1, 0.15) is 5.75 Å². The Balaban J connectivity index is 2.55. The molecular formula is C13H10N2O. The average Bonchev–Trinajstić information content (AvgIpc) is 2.29. The molecule has 2 aromatic carbocycles. The third kappa shape index (κ3) is 1.82. The maximum absolute atomic E-state index is 9.75. The quantitative estimate of drug-likeness (QED) is 0.710. The number of phenolic OH excluding ortho intramolecular Hbond substituents is 1. The van der Waals surface area contributed by atoms with Gasteiger partial charge in [-0.2, -0.15) is 5.26 Å². The molecule has 0 heterocycles. The molecule has 0 bridgehead atoms. The number of hydrogen-bond acceptors (Lipinski definition) is 3. The van der Waals surface area contributed by atoms with Crippen LogP contribution in [-0.4, -0.2) is 5.11 Å². The smallest absolute Gasteiger partial charge is 0.125 e. The number of phenols is 1. The van der Waals surface area contributed by atoms with Crippen LogP contribution in [0.5, 0.6) is 5.75 Å². The molecule has 0 aliphatic rings. The van der Waals surface area contributed by atoms with Crippen LogP contribution in [0, 0.1) is 11.3 Å². The van der Waals surface area contributed by atoms with Gasteiger partial charge in [-0.3, -0.25) is 0 Å². The molecule has 0 unspecified atom stereocenters. The number of nitrogens with zero attached hydrogens (tertiary/aromatic N) is 1. The van der Waals surface area contributed by atoms with E-state index >= 15 is 0 Å². The van der Waals surface area contributed by atoms with Gasteiger partial charge in [0.25, 0.3) is 0 Å². The van der Waals surface area contributed by atoms with E-state index in [2.05, 4.69) is 6.07 Å². The van der Waals surface area contributed by atoms with Crippen LogP contribution in [0.2, 0.25) is 0 Å². The van der Waals surface area contributed by atoms with Gasteiger partial charge in [-0.15, -0.1) is 0 Å². The third-order valence-electron chi connectivity index (χ3n) is 2.32. The number of hydrogen-bond donors (Lipinski definition) is 2. The van der Waals surface area contributed by atoms with Crippen molar-refractivity contribution in [1.82, 2.24) is 0 Å². The maximum Gasteiger partial charge on any atom is 0.125 e. The molecule has 0 amide bonds. The van der Waals surface area contributed by atoms with Crippen LogP contribution in [0.1, 0.15) is 5.56 Å². The molecule has 3 heteroatoms. The molecule has 2 aromatic rings. The van der Waals surface area contributed by atoms with Crippen molar-refractivity contribution < 1.29 is 5.11 Å². The molecule has 0 aliphatic heterocycles. The summed E-state index contributed by atoms with van der Waals surface area (Å²) in [5.41, 5.74) is 8.10. The Morgan fingerprint density at radius 3 is 2.62 bits per heavy atom. The molecule has 78 valence electrons. The Morgan fingerprint density at radius 1 is 1.12 bits per heavy atom. The zero-order chi connectivity index (χ0) is 11.5. The minimum Gasteiger partial charge on any atom is -0.507 e. The first kappa shape index (κ1) is 10.1. The van der Waals surface area contributed by atoms with Crippen molar-refractivity contribution in [3.8, 4) is 22.9 Å². The Kier molecular flexibility index (Phi) is 2.49. The lowest BCUT2D eigenvalue weighted by molar-refractivity contribution is 0.477. The van der Waals surface area contributed by atoms with Gasteiger partial charge in [0.15, 0.2) is 0 Å². The summed E-state index contributed by atoms with van der Waals surface area (Å²) < 4.78 is 0. The van der Waals surface area contributed by atoms with E-state index in [0.717, 1.165) is 5.56 Å². The Bertz CT molecular complexity index is 570. The molecule has 0 aromatic heterocycles. The second kappa shape index (κ2) is 3.95. The average molecular weight is 210 g/mol. The third-order valence-corrected chi connectivity index (χ3v) is 2.32. The van der Waals surface area contributed by atoms with Crippen molar-refractivity contribution in [2.75, 3.05) is 5.73 Å². The zero-order valence-electron chi connectivity index (χ0n) is 8.51. The second-order valence-electron chi connectivity index (χ2n) is 3.47. The fraction of sp³-hybridized carbons (Fsp3) is 0. The molecule has 0 aliphatic carbocycles. The molecule has 0 radical (unpaired) electrons. The van der Waals surface area contributed by atoms with Gasteiger partial charge < -0.3 is 10.8 Å². The zero-order valence-corrected chi connectivity index (χ0v) is 8.51. The number of nitrogen functional groups attached to an aromatic ring is 1. The highest BCUT2D eigenvalue weighted by Gasteiger charge is 2.04. The normalized spacial score (nSPS) is 9.69. The van der Waals surface area contributed by atoms with Crippen LogP contribution in [0.4, 0.5) is 5.69 Å². The monoisotopic (exact) mass is 210 g/mol. The molecule has 0 fully saturated rings. The minimum atomic E-state index is 0.120. The highest BCUT2D eigenvalue weighted by molar-refractivity contribution is 5.73. The predicted molar refractivity (Wildman–Crippen MR) is 62.7 cm³/mol. The van der Waals surface area contributed by atoms with Crippen molar-refractivity contribution in [2.45, 2.75) is 0 Å². The Labute approximate surface area is 93.4 Å². The van der Waals surface area contributed by atoms with Gasteiger partial charge in [-0.1, -0.05) is 12.1 Å². The molecule has 3 N–H and O–H groups in total. The van der Waals surface area contributed by atoms with Crippen molar-refractivity contribution in [1.29, 1.82) is 5.26 Å². The summed E-state index contributed by atoms with van der Waals surface area (Å²) in [5, 5.41) is 18.5. The summed E-state index contributed by atoms with van der Waals surface area (Å²) in [6.07, 6.45) is 0. The lowest BCUT2D eigenvalue weighted by Gasteiger charge is -2.05. The minimum absolute atomic E-state index is 0.120. The van der Waals surface area contributed by atoms with Gasteiger partial charge in [0, 0.05) is 17.3 Å². The van der Waals surface area contributed by atoms with Crippen LogP contribution < -0.4 is 5.73 Å². The van der Waals surface area contributed by atoms with Gasteiger partial charge in [-0.05, 0) is 29.8 Å². The SMILES string of the molecule is N#Cc1cccc(-c2ccc(N)cc2O)c1. The van der Waals surface area contributed by atoms with E-state index in [1.165, 1.54) is 6.07 Å². The van der Waals surface area contributed by atoms with Crippen LogP contribution in [-0.2, 0) is 0 Å². The molecule has 0 spiro atoms. The standard InChI is InChI=1S/C13H10N2O/c14-8-9-2-1-3-10(6-9)12-5-4-11(15)7-13(12)16/h1-7,16H,15H2. The predicted octanol–water partition coefficient (Wildman–Crippen LogP) is 2.51. The molecule has 0 atom stereocenters. The largest absolute Gasteiger partial charge is 0.507 e. The van der Waals surface area contributed by atoms with E-state index in [9.17, 15) is 5.11 Å². The Hall–Kier alpha value is -2.47. The van der Waals surface area contributed by atoms with Crippen molar-refractivity contribution in [2.24, 2.45) is 0 Å². The summed E-state index contributed by atoms with van der Waals surface area (Å²) in [4.78, 5) is 0. The first-order valence-corrected chi connectivity index (χ1v) is 4.80. The van der Waals surface area contributed by atoms with E-state index in [4.69, 9.17) is 11.0 Å². The molecule has 2 rings (SSSR count). The van der Waals surface area contributed by atoms with E-state index < -0.39 is 0 Å². The fourth-order valence-corrected chi connectivity index (χ4v) is 1.55. The first-order chi connectivity index (χ1) is 7.70. The van der Waals surface area contributed by atoms with Gasteiger partial charge in [0.05, 0.1) is 11.6 Å². The van der Waals surface area contributed by atoms with E-state index in [-0.39, 0.29) is 5.75 Å².